The molecule has 9 nitrogen and oxygen atoms in total. The fourth-order valence-corrected chi connectivity index (χ4v) is 3.69. The number of thiazole rings is 1. The molecule has 144 valence electrons. The van der Waals surface area contributed by atoms with Crippen LogP contribution in [-0.2, 0) is 17.9 Å². The minimum absolute atomic E-state index is 0.0407. The van der Waals surface area contributed by atoms with Gasteiger partial charge in [-0.05, 0) is 12.8 Å². The van der Waals surface area contributed by atoms with Crippen molar-refractivity contribution < 1.29 is 19.5 Å². The fraction of sp³-hybridized carbons (Fsp3) is 0.471. The van der Waals surface area contributed by atoms with Gasteiger partial charge in [-0.2, -0.15) is 5.10 Å². The van der Waals surface area contributed by atoms with E-state index in [2.05, 4.69) is 20.7 Å². The molecule has 0 unspecified atom stereocenters. The van der Waals surface area contributed by atoms with E-state index in [4.69, 9.17) is 5.11 Å². The first-order chi connectivity index (χ1) is 13.0. The van der Waals surface area contributed by atoms with Crippen molar-refractivity contribution in [2.45, 2.75) is 51.2 Å². The molecule has 1 fully saturated rings. The van der Waals surface area contributed by atoms with Crippen molar-refractivity contribution in [1.29, 1.82) is 0 Å². The van der Waals surface area contributed by atoms with Crippen molar-refractivity contribution in [1.82, 2.24) is 25.4 Å². The molecule has 10 heteroatoms. The van der Waals surface area contributed by atoms with Gasteiger partial charge in [-0.25, -0.2) is 9.78 Å². The van der Waals surface area contributed by atoms with Crippen molar-refractivity contribution in [3.63, 3.8) is 0 Å². The third-order valence-corrected chi connectivity index (χ3v) is 5.19. The normalized spacial score (nSPS) is 14.7. The van der Waals surface area contributed by atoms with Gasteiger partial charge in [0.15, 0.2) is 5.69 Å². The van der Waals surface area contributed by atoms with Gasteiger partial charge in [0, 0.05) is 17.6 Å². The molecule has 0 bridgehead atoms. The molecule has 2 aromatic rings. The molecule has 2 aromatic heterocycles. The highest BCUT2D eigenvalue weighted by molar-refractivity contribution is 7.09. The quantitative estimate of drug-likeness (QED) is 0.655. The maximum atomic E-state index is 12.2. The lowest BCUT2D eigenvalue weighted by Crippen LogP contribution is -2.38. The molecule has 2 amide bonds. The summed E-state index contributed by atoms with van der Waals surface area (Å²) in [7, 11) is 0. The second-order valence-electron chi connectivity index (χ2n) is 6.44. The van der Waals surface area contributed by atoms with Crippen LogP contribution >= 0.6 is 11.3 Å². The standard InChI is InChI=1S/C17H21N5O4S/c23-14(20-12-4-2-1-3-5-12)9-22-8-11(6-19-22)16(24)18-7-15-21-13(10-27-15)17(25)26/h6,8,10,12H,1-5,7,9H2,(H,18,24)(H,20,23)(H,25,26). The predicted octanol–water partition coefficient (Wildman–Crippen LogP) is 1.42. The molecule has 1 aliphatic carbocycles. The highest BCUT2D eigenvalue weighted by Crippen LogP contribution is 2.17. The summed E-state index contributed by atoms with van der Waals surface area (Å²) in [4.78, 5) is 39.0. The third kappa shape index (κ3) is 5.36. The zero-order valence-corrected chi connectivity index (χ0v) is 15.5. The molecule has 27 heavy (non-hydrogen) atoms. The predicted molar refractivity (Wildman–Crippen MR) is 97.5 cm³/mol. The molecular formula is C17H21N5O4S. The number of carbonyl (C=O) groups excluding carboxylic acids is 2. The number of carboxylic acids is 1. The first-order valence-corrected chi connectivity index (χ1v) is 9.67. The Bertz CT molecular complexity index is 825. The summed E-state index contributed by atoms with van der Waals surface area (Å²) in [6.45, 7) is 0.197. The lowest BCUT2D eigenvalue weighted by atomic mass is 9.95. The number of hydrogen-bond donors (Lipinski definition) is 3. The van der Waals surface area contributed by atoms with Gasteiger partial charge in [-0.15, -0.1) is 11.3 Å². The van der Waals surface area contributed by atoms with Gasteiger partial charge in [0.2, 0.25) is 5.91 Å². The zero-order valence-electron chi connectivity index (χ0n) is 14.7. The molecule has 0 atom stereocenters. The van der Waals surface area contributed by atoms with Crippen LogP contribution in [0.5, 0.6) is 0 Å². The number of aromatic carboxylic acids is 1. The van der Waals surface area contributed by atoms with Crippen molar-refractivity contribution in [2.24, 2.45) is 0 Å². The Hall–Kier alpha value is -2.75. The van der Waals surface area contributed by atoms with Gasteiger partial charge in [-0.1, -0.05) is 19.3 Å². The summed E-state index contributed by atoms with van der Waals surface area (Å²) in [6.07, 6.45) is 8.45. The lowest BCUT2D eigenvalue weighted by molar-refractivity contribution is -0.122. The highest BCUT2D eigenvalue weighted by atomic mass is 32.1. The Morgan fingerprint density at radius 2 is 2.04 bits per heavy atom. The Kier molecular flexibility index (Phi) is 6.17. The Morgan fingerprint density at radius 3 is 2.74 bits per heavy atom. The van der Waals surface area contributed by atoms with Crippen LogP contribution in [-0.4, -0.2) is 43.7 Å². The van der Waals surface area contributed by atoms with Crippen LogP contribution in [0.25, 0.3) is 0 Å². The monoisotopic (exact) mass is 391 g/mol. The van der Waals surface area contributed by atoms with E-state index in [1.807, 2.05) is 0 Å². The van der Waals surface area contributed by atoms with E-state index < -0.39 is 5.97 Å². The van der Waals surface area contributed by atoms with Gasteiger partial charge < -0.3 is 15.7 Å². The molecule has 3 N–H and O–H groups in total. The molecule has 1 saturated carbocycles. The van der Waals surface area contributed by atoms with Crippen LogP contribution in [0.15, 0.2) is 17.8 Å². The van der Waals surface area contributed by atoms with Gasteiger partial charge in [0.1, 0.15) is 11.6 Å². The van der Waals surface area contributed by atoms with E-state index in [1.165, 1.54) is 28.9 Å². The number of amides is 2. The second-order valence-corrected chi connectivity index (χ2v) is 7.39. The van der Waals surface area contributed by atoms with Crippen molar-refractivity contribution in [3.05, 3.63) is 34.0 Å². The van der Waals surface area contributed by atoms with Gasteiger partial charge in [0.05, 0.1) is 18.3 Å². The third-order valence-electron chi connectivity index (χ3n) is 4.34. The topological polar surface area (TPSA) is 126 Å². The van der Waals surface area contributed by atoms with E-state index in [-0.39, 0.29) is 36.6 Å². The molecule has 0 spiro atoms. The Labute approximate surface area is 159 Å². The average molecular weight is 391 g/mol. The van der Waals surface area contributed by atoms with Crippen LogP contribution in [0, 0.1) is 0 Å². The van der Waals surface area contributed by atoms with Crippen LogP contribution in [0.1, 0.15) is 58.0 Å². The highest BCUT2D eigenvalue weighted by Gasteiger charge is 2.17. The molecule has 0 aliphatic heterocycles. The zero-order chi connectivity index (χ0) is 19.2. The number of nitrogens with one attached hydrogen (secondary N) is 2. The van der Waals surface area contributed by atoms with E-state index in [0.717, 1.165) is 37.0 Å². The van der Waals surface area contributed by atoms with Gasteiger partial charge >= 0.3 is 5.97 Å². The minimum atomic E-state index is -1.10. The number of carbonyl (C=O) groups is 3. The summed E-state index contributed by atoms with van der Waals surface area (Å²) < 4.78 is 1.43. The Morgan fingerprint density at radius 1 is 1.26 bits per heavy atom. The SMILES string of the molecule is O=C(Cn1cc(C(=O)NCc2nc(C(=O)O)cs2)cn1)NC1CCCCC1. The number of aromatic nitrogens is 3. The maximum absolute atomic E-state index is 12.2. The van der Waals surface area contributed by atoms with Crippen LogP contribution in [0.3, 0.4) is 0 Å². The first kappa shape index (κ1) is 19.0. The molecule has 2 heterocycles. The smallest absolute Gasteiger partial charge is 0.355 e. The van der Waals surface area contributed by atoms with Crippen molar-refractivity contribution in [2.75, 3.05) is 0 Å². The minimum Gasteiger partial charge on any atom is -0.476 e. The van der Waals surface area contributed by atoms with Crippen LogP contribution in [0.2, 0.25) is 0 Å². The first-order valence-electron chi connectivity index (χ1n) is 8.79. The van der Waals surface area contributed by atoms with Gasteiger partial charge in [-0.3, -0.25) is 14.3 Å². The van der Waals surface area contributed by atoms with E-state index in [1.54, 1.807) is 0 Å². The number of hydrogen-bond acceptors (Lipinski definition) is 6. The summed E-state index contributed by atoms with van der Waals surface area (Å²) in [6, 6.07) is 0.235. The Balaban J connectivity index is 1.47. The van der Waals surface area contributed by atoms with Gasteiger partial charge in [0.25, 0.3) is 5.91 Å². The van der Waals surface area contributed by atoms with Crippen LogP contribution < -0.4 is 10.6 Å². The fourth-order valence-electron chi connectivity index (χ4n) is 2.98. The molecule has 0 aromatic carbocycles. The molecule has 0 saturated heterocycles. The number of rotatable bonds is 7. The molecule has 1 aliphatic rings. The summed E-state index contributed by atoms with van der Waals surface area (Å²) >= 11 is 1.16. The average Bonchev–Trinajstić information content (AvgIpc) is 3.30. The van der Waals surface area contributed by atoms with Crippen molar-refractivity contribution in [3.8, 4) is 0 Å². The summed E-state index contributed by atoms with van der Waals surface area (Å²) in [5.41, 5.74) is 0.288. The molecular weight excluding hydrogens is 370 g/mol. The molecule has 0 radical (unpaired) electrons. The van der Waals surface area contributed by atoms with E-state index in [0.29, 0.717) is 10.6 Å². The van der Waals surface area contributed by atoms with Crippen LogP contribution in [0.4, 0.5) is 0 Å². The number of carboxylic acid groups (broad SMARTS) is 1. The lowest BCUT2D eigenvalue weighted by Gasteiger charge is -2.22. The maximum Gasteiger partial charge on any atom is 0.355 e. The van der Waals surface area contributed by atoms with E-state index in [9.17, 15) is 14.4 Å². The molecule has 3 rings (SSSR count). The largest absolute Gasteiger partial charge is 0.476 e. The summed E-state index contributed by atoms with van der Waals surface area (Å²) in [5, 5.41) is 20.5. The van der Waals surface area contributed by atoms with E-state index >= 15 is 0 Å². The number of nitrogens with zero attached hydrogens (tertiary/aromatic N) is 3. The summed E-state index contributed by atoms with van der Waals surface area (Å²) in [5.74, 6) is -1.57. The van der Waals surface area contributed by atoms with Crippen molar-refractivity contribution >= 4 is 29.1 Å². The second kappa shape index (κ2) is 8.76.